The molecule has 0 saturated carbocycles. The highest BCUT2D eigenvalue weighted by atomic mass is 16.2. The molecule has 0 aliphatic carbocycles. The molecule has 1 rings (SSSR count). The van der Waals surface area contributed by atoms with Gasteiger partial charge in [0.2, 0.25) is 11.8 Å². The molecule has 1 aliphatic heterocycles. The largest absolute Gasteiger partial charge is 0.349 e. The molecule has 23 heavy (non-hydrogen) atoms. The van der Waals surface area contributed by atoms with Gasteiger partial charge in [-0.1, -0.05) is 41.5 Å². The zero-order chi connectivity index (χ0) is 18.3. The minimum Gasteiger partial charge on any atom is -0.349 e. The lowest BCUT2D eigenvalue weighted by Gasteiger charge is -2.29. The van der Waals surface area contributed by atoms with Crippen molar-refractivity contribution in [2.75, 3.05) is 27.2 Å². The fourth-order valence-electron chi connectivity index (χ4n) is 2.32. The number of carbonyl (C=O) groups is 2. The summed E-state index contributed by atoms with van der Waals surface area (Å²) in [5, 5.41) is 0. The first kappa shape index (κ1) is 21.9. The van der Waals surface area contributed by atoms with E-state index in [-0.39, 0.29) is 16.7 Å². The van der Waals surface area contributed by atoms with Gasteiger partial charge in [0.25, 0.3) is 0 Å². The second-order valence-corrected chi connectivity index (χ2v) is 9.20. The Morgan fingerprint density at radius 3 is 1.57 bits per heavy atom. The zero-order valence-corrected chi connectivity index (χ0v) is 16.7. The fourth-order valence-corrected chi connectivity index (χ4v) is 2.32. The molecule has 4 nitrogen and oxygen atoms in total. The Balaban J connectivity index is 0.000000438. The third kappa shape index (κ3) is 12.1. The first-order valence-corrected chi connectivity index (χ1v) is 8.80. The number of rotatable bonds is 2. The summed E-state index contributed by atoms with van der Waals surface area (Å²) in [4.78, 5) is 26.5. The molecule has 1 fully saturated rings. The van der Waals surface area contributed by atoms with Gasteiger partial charge in [0.15, 0.2) is 0 Å². The number of likely N-dealkylation sites (tertiary alicyclic amines) is 1. The maximum atomic E-state index is 11.7. The highest BCUT2D eigenvalue weighted by Gasteiger charge is 2.22. The molecule has 0 aromatic heterocycles. The van der Waals surface area contributed by atoms with E-state index in [0.717, 1.165) is 13.1 Å². The average Bonchev–Trinajstić information content (AvgIpc) is 2.36. The van der Waals surface area contributed by atoms with E-state index < -0.39 is 0 Å². The van der Waals surface area contributed by atoms with Crippen LogP contribution in [-0.2, 0) is 9.59 Å². The number of piperidine rings is 1. The second-order valence-electron chi connectivity index (χ2n) is 9.20. The van der Waals surface area contributed by atoms with E-state index in [0.29, 0.717) is 18.7 Å². The van der Waals surface area contributed by atoms with Crippen LogP contribution in [0, 0.1) is 10.8 Å². The van der Waals surface area contributed by atoms with Gasteiger partial charge in [0, 0.05) is 40.0 Å². The molecule has 2 amide bonds. The van der Waals surface area contributed by atoms with Gasteiger partial charge in [-0.25, -0.2) is 0 Å². The molecular formula is C19H38N2O2. The van der Waals surface area contributed by atoms with Crippen molar-refractivity contribution in [2.45, 2.75) is 73.6 Å². The lowest BCUT2D eigenvalue weighted by Crippen LogP contribution is -2.37. The van der Waals surface area contributed by atoms with Crippen molar-refractivity contribution < 1.29 is 9.59 Å². The number of amides is 2. The van der Waals surface area contributed by atoms with Crippen LogP contribution in [0.25, 0.3) is 0 Å². The number of carbonyl (C=O) groups excluding carboxylic acids is 2. The summed E-state index contributed by atoms with van der Waals surface area (Å²) in [5.41, 5.74) is 0.246. The normalized spacial score (nSPS) is 15.6. The van der Waals surface area contributed by atoms with Crippen molar-refractivity contribution in [2.24, 2.45) is 10.8 Å². The predicted molar refractivity (Wildman–Crippen MR) is 97.3 cm³/mol. The van der Waals surface area contributed by atoms with Gasteiger partial charge >= 0.3 is 0 Å². The van der Waals surface area contributed by atoms with E-state index in [4.69, 9.17) is 0 Å². The van der Waals surface area contributed by atoms with Crippen LogP contribution in [0.3, 0.4) is 0 Å². The molecule has 0 radical (unpaired) electrons. The van der Waals surface area contributed by atoms with E-state index >= 15 is 0 Å². The molecule has 0 spiro atoms. The molecular weight excluding hydrogens is 288 g/mol. The molecule has 0 unspecified atom stereocenters. The summed E-state index contributed by atoms with van der Waals surface area (Å²) >= 11 is 0. The molecule has 0 bridgehead atoms. The van der Waals surface area contributed by atoms with Crippen molar-refractivity contribution >= 4 is 11.8 Å². The lowest BCUT2D eigenvalue weighted by atomic mass is 9.91. The molecule has 0 aromatic carbocycles. The van der Waals surface area contributed by atoms with Gasteiger partial charge in [-0.05, 0) is 30.1 Å². The molecule has 0 aromatic rings. The van der Waals surface area contributed by atoms with Crippen molar-refractivity contribution in [3.8, 4) is 0 Å². The van der Waals surface area contributed by atoms with Crippen LogP contribution in [0.1, 0.15) is 73.6 Å². The van der Waals surface area contributed by atoms with Gasteiger partial charge < -0.3 is 9.80 Å². The maximum Gasteiger partial charge on any atom is 0.223 e. The van der Waals surface area contributed by atoms with Gasteiger partial charge in [-0.3, -0.25) is 9.59 Å². The summed E-state index contributed by atoms with van der Waals surface area (Å²) in [7, 11) is 3.57. The van der Waals surface area contributed by atoms with Crippen molar-refractivity contribution in [1.29, 1.82) is 0 Å². The van der Waals surface area contributed by atoms with Crippen LogP contribution in [0.15, 0.2) is 0 Å². The van der Waals surface area contributed by atoms with Crippen LogP contribution in [0.5, 0.6) is 0 Å². The van der Waals surface area contributed by atoms with Gasteiger partial charge in [-0.15, -0.1) is 0 Å². The third-order valence-electron chi connectivity index (χ3n) is 3.57. The molecule has 4 heteroatoms. The molecule has 0 atom stereocenters. The second kappa shape index (κ2) is 9.29. The molecule has 1 heterocycles. The molecule has 1 aliphatic rings. The fraction of sp³-hybridized carbons (Fsp3) is 0.895. The zero-order valence-electron chi connectivity index (χ0n) is 16.7. The third-order valence-corrected chi connectivity index (χ3v) is 3.57. The number of hydrogen-bond acceptors (Lipinski definition) is 2. The Labute approximate surface area is 143 Å². The van der Waals surface area contributed by atoms with Crippen molar-refractivity contribution in [1.82, 2.24) is 9.80 Å². The minimum atomic E-state index is 0.112. The topological polar surface area (TPSA) is 40.6 Å². The van der Waals surface area contributed by atoms with Gasteiger partial charge in [-0.2, -0.15) is 0 Å². The van der Waals surface area contributed by atoms with E-state index in [9.17, 15) is 9.59 Å². The molecule has 136 valence electrons. The van der Waals surface area contributed by atoms with Crippen LogP contribution in [0.2, 0.25) is 0 Å². The standard InChI is InChI=1S/C11H21NO.C8H17NO/c1-11(2,3)9-10(13)12-7-5-4-6-8-12;1-8(2,3)6-7(10)9(4)5/h4-9H2,1-3H3;6H2,1-5H3. The Kier molecular flexibility index (Phi) is 8.86. The molecule has 0 N–H and O–H groups in total. The quantitative estimate of drug-likeness (QED) is 0.771. The number of nitrogens with zero attached hydrogens (tertiary/aromatic N) is 2. The van der Waals surface area contributed by atoms with E-state index in [1.807, 2.05) is 4.90 Å². The SMILES string of the molecule is CC(C)(C)CC(=O)N1CCCCC1.CN(C)C(=O)CC(C)(C)C. The van der Waals surface area contributed by atoms with Crippen LogP contribution < -0.4 is 0 Å². The van der Waals surface area contributed by atoms with Crippen molar-refractivity contribution in [3.63, 3.8) is 0 Å². The average molecular weight is 327 g/mol. The van der Waals surface area contributed by atoms with Gasteiger partial charge in [0.05, 0.1) is 0 Å². The lowest BCUT2D eigenvalue weighted by molar-refractivity contribution is -0.134. The maximum absolute atomic E-state index is 11.7. The Morgan fingerprint density at radius 1 is 0.826 bits per heavy atom. The van der Waals surface area contributed by atoms with Gasteiger partial charge in [0.1, 0.15) is 0 Å². The monoisotopic (exact) mass is 326 g/mol. The van der Waals surface area contributed by atoms with Crippen LogP contribution >= 0.6 is 0 Å². The summed E-state index contributed by atoms with van der Waals surface area (Å²) in [5.74, 6) is 0.541. The van der Waals surface area contributed by atoms with Crippen LogP contribution in [-0.4, -0.2) is 48.8 Å². The predicted octanol–water partition coefficient (Wildman–Crippen LogP) is 3.95. The minimum absolute atomic E-state index is 0.112. The van der Waals surface area contributed by atoms with E-state index in [1.165, 1.54) is 19.3 Å². The van der Waals surface area contributed by atoms with E-state index in [2.05, 4.69) is 41.5 Å². The summed E-state index contributed by atoms with van der Waals surface area (Å²) in [6.07, 6.45) is 4.98. The Hall–Kier alpha value is -1.06. The highest BCUT2D eigenvalue weighted by molar-refractivity contribution is 5.77. The Bertz CT molecular complexity index is 370. The summed E-state index contributed by atoms with van der Waals surface area (Å²) < 4.78 is 0. The van der Waals surface area contributed by atoms with Crippen molar-refractivity contribution in [3.05, 3.63) is 0 Å². The number of hydrogen-bond donors (Lipinski definition) is 0. The smallest absolute Gasteiger partial charge is 0.223 e. The van der Waals surface area contributed by atoms with E-state index in [1.54, 1.807) is 19.0 Å². The highest BCUT2D eigenvalue weighted by Crippen LogP contribution is 2.21. The first-order chi connectivity index (χ1) is 10.3. The first-order valence-electron chi connectivity index (χ1n) is 8.80. The molecule has 1 saturated heterocycles. The summed E-state index contributed by atoms with van der Waals surface area (Å²) in [6.45, 7) is 14.5. The summed E-state index contributed by atoms with van der Waals surface area (Å²) in [6, 6.07) is 0. The van der Waals surface area contributed by atoms with Crippen LogP contribution in [0.4, 0.5) is 0 Å². The Morgan fingerprint density at radius 2 is 1.26 bits per heavy atom.